The van der Waals surface area contributed by atoms with Crippen LogP contribution in [0.2, 0.25) is 0 Å². The Morgan fingerprint density at radius 2 is 2.17 bits per heavy atom. The van der Waals surface area contributed by atoms with E-state index < -0.39 is 0 Å². The Morgan fingerprint density at radius 1 is 1.33 bits per heavy atom. The molecule has 1 aromatic carbocycles. The summed E-state index contributed by atoms with van der Waals surface area (Å²) in [6.07, 6.45) is 0.380. The zero-order valence-corrected chi connectivity index (χ0v) is 7.56. The molecule has 1 aromatic heterocycles. The third-order valence-electron chi connectivity index (χ3n) is 1.87. The molecule has 61 valence electrons. The zero-order chi connectivity index (χ0) is 8.55. The van der Waals surface area contributed by atoms with Gasteiger partial charge in [0.2, 0.25) is 0 Å². The van der Waals surface area contributed by atoms with Crippen molar-refractivity contribution in [3.8, 4) is 0 Å². The van der Waals surface area contributed by atoms with E-state index in [-0.39, 0.29) is 0 Å². The molecule has 1 nitrogen and oxygen atoms in total. The van der Waals surface area contributed by atoms with Crippen LogP contribution in [0.25, 0.3) is 10.1 Å². The predicted molar refractivity (Wildman–Crippen MR) is 51.8 cm³/mol. The van der Waals surface area contributed by atoms with E-state index in [2.05, 4.69) is 11.4 Å². The molecule has 0 saturated heterocycles. The van der Waals surface area contributed by atoms with Gasteiger partial charge < -0.3 is 5.11 Å². The number of thiophene rings is 1. The lowest BCUT2D eigenvalue weighted by Crippen LogP contribution is -1.89. The Kier molecular flexibility index (Phi) is 1.87. The predicted octanol–water partition coefficient (Wildman–Crippen LogP) is 3.17. The average molecular weight is 177 g/mol. The Bertz CT molecular complexity index is 389. The zero-order valence-electron chi connectivity index (χ0n) is 6.74. The summed E-state index contributed by atoms with van der Waals surface area (Å²) in [5.74, 6) is 0. The molecule has 0 fully saturated rings. The van der Waals surface area contributed by atoms with Crippen LogP contribution in [0.4, 0.5) is 0 Å². The summed E-state index contributed by atoms with van der Waals surface area (Å²) in [5.41, 5.74) is 0.907. The van der Waals surface area contributed by atoms with E-state index in [0.29, 0.717) is 6.10 Å². The van der Waals surface area contributed by atoms with Crippen LogP contribution in [0.5, 0.6) is 0 Å². The molecule has 0 bridgehead atoms. The molecule has 2 heteroatoms. The first-order chi connectivity index (χ1) is 5.77. The van der Waals surface area contributed by atoms with Gasteiger partial charge in [0.05, 0.1) is 0 Å². The number of benzene rings is 1. The van der Waals surface area contributed by atoms with E-state index in [1.165, 1.54) is 10.1 Å². The van der Waals surface area contributed by atoms with Crippen LogP contribution in [-0.2, 0) is 0 Å². The van der Waals surface area contributed by atoms with Crippen molar-refractivity contribution in [2.24, 2.45) is 0 Å². The van der Waals surface area contributed by atoms with Gasteiger partial charge in [0, 0.05) is 4.70 Å². The first-order valence-corrected chi connectivity index (χ1v) is 4.65. The largest absolute Gasteiger partial charge is 0.382 e. The number of rotatable bonds is 1. The molecule has 0 spiro atoms. The van der Waals surface area contributed by atoms with Gasteiger partial charge in [-0.05, 0) is 35.4 Å². The Hall–Kier alpha value is -0.860. The quantitative estimate of drug-likeness (QED) is 0.709. The Labute approximate surface area is 75.3 Å². The van der Waals surface area contributed by atoms with Crippen molar-refractivity contribution in [2.75, 3.05) is 0 Å². The summed E-state index contributed by atoms with van der Waals surface area (Å²) in [4.78, 5) is 0. The summed E-state index contributed by atoms with van der Waals surface area (Å²) in [7, 11) is 0. The highest BCUT2D eigenvalue weighted by atomic mass is 32.1. The maximum Gasteiger partial charge on any atom is 0.119 e. The van der Waals surface area contributed by atoms with Crippen molar-refractivity contribution in [3.05, 3.63) is 41.3 Å². The van der Waals surface area contributed by atoms with Crippen molar-refractivity contribution in [1.82, 2.24) is 0 Å². The molecular weight excluding hydrogens is 168 g/mol. The summed E-state index contributed by atoms with van der Waals surface area (Å²) < 4.78 is 1.22. The smallest absolute Gasteiger partial charge is 0.119 e. The molecule has 0 atom stereocenters. The second-order valence-corrected chi connectivity index (χ2v) is 3.71. The van der Waals surface area contributed by atoms with Crippen LogP contribution >= 0.6 is 11.3 Å². The second-order valence-electron chi connectivity index (χ2n) is 2.76. The summed E-state index contributed by atoms with van der Waals surface area (Å²) in [6, 6.07) is 8.05. The van der Waals surface area contributed by atoms with Crippen LogP contribution < -0.4 is 0 Å². The maximum absolute atomic E-state index is 9.24. The standard InChI is InChI=1S/C10H9OS/c1-7(11)9-3-2-8-4-5-12-10(8)6-9/h2-6,11H,1H3. The maximum atomic E-state index is 9.24. The van der Waals surface area contributed by atoms with Crippen LogP contribution in [0.3, 0.4) is 0 Å². The summed E-state index contributed by atoms with van der Waals surface area (Å²) in [5, 5.41) is 12.5. The van der Waals surface area contributed by atoms with E-state index in [4.69, 9.17) is 0 Å². The number of aliphatic hydroxyl groups excluding tert-OH is 1. The number of aliphatic hydroxyl groups is 1. The molecule has 1 N–H and O–H groups in total. The monoisotopic (exact) mass is 177 g/mol. The average Bonchev–Trinajstić information content (AvgIpc) is 2.49. The number of hydrogen-bond acceptors (Lipinski definition) is 2. The van der Waals surface area contributed by atoms with Crippen molar-refractivity contribution in [1.29, 1.82) is 0 Å². The highest BCUT2D eigenvalue weighted by Crippen LogP contribution is 2.24. The summed E-state index contributed by atoms with van der Waals surface area (Å²) >= 11 is 1.69. The van der Waals surface area contributed by atoms with E-state index in [9.17, 15) is 5.11 Å². The van der Waals surface area contributed by atoms with Crippen molar-refractivity contribution >= 4 is 21.4 Å². The highest BCUT2D eigenvalue weighted by molar-refractivity contribution is 7.17. The molecule has 0 aliphatic carbocycles. The van der Waals surface area contributed by atoms with Gasteiger partial charge in [-0.3, -0.25) is 0 Å². The van der Waals surface area contributed by atoms with Crippen LogP contribution in [0.1, 0.15) is 12.5 Å². The van der Waals surface area contributed by atoms with E-state index in [1.54, 1.807) is 18.3 Å². The van der Waals surface area contributed by atoms with Gasteiger partial charge in [-0.2, -0.15) is 0 Å². The lowest BCUT2D eigenvalue weighted by atomic mass is 10.1. The summed E-state index contributed by atoms with van der Waals surface area (Å²) in [6.45, 7) is 1.70. The molecule has 0 aliphatic heterocycles. The molecule has 2 rings (SSSR count). The molecule has 1 heterocycles. The van der Waals surface area contributed by atoms with Crippen LogP contribution in [0, 0.1) is 6.10 Å². The molecule has 2 aromatic rings. The van der Waals surface area contributed by atoms with E-state index in [1.807, 2.05) is 18.2 Å². The minimum Gasteiger partial charge on any atom is -0.382 e. The van der Waals surface area contributed by atoms with Crippen molar-refractivity contribution in [3.63, 3.8) is 0 Å². The SMILES string of the molecule is C[C](O)c1ccc2ccsc2c1. The van der Waals surface area contributed by atoms with Crippen LogP contribution in [0.15, 0.2) is 29.6 Å². The normalized spacial score (nSPS) is 11.2. The third kappa shape index (κ3) is 1.24. The molecule has 12 heavy (non-hydrogen) atoms. The van der Waals surface area contributed by atoms with Gasteiger partial charge in [0.25, 0.3) is 0 Å². The minimum absolute atomic E-state index is 0.380. The molecular formula is C10H9OS. The molecule has 0 unspecified atom stereocenters. The molecule has 0 saturated carbocycles. The van der Waals surface area contributed by atoms with Gasteiger partial charge >= 0.3 is 0 Å². The van der Waals surface area contributed by atoms with Gasteiger partial charge in [-0.15, -0.1) is 11.3 Å². The lowest BCUT2D eigenvalue weighted by molar-refractivity contribution is 0.341. The van der Waals surface area contributed by atoms with Gasteiger partial charge in [-0.1, -0.05) is 12.1 Å². The third-order valence-corrected chi connectivity index (χ3v) is 2.75. The fourth-order valence-electron chi connectivity index (χ4n) is 1.18. The Balaban J connectivity index is 2.60. The van der Waals surface area contributed by atoms with E-state index >= 15 is 0 Å². The van der Waals surface area contributed by atoms with Crippen molar-refractivity contribution < 1.29 is 5.11 Å². The highest BCUT2D eigenvalue weighted by Gasteiger charge is 2.02. The second kappa shape index (κ2) is 2.88. The molecule has 0 amide bonds. The van der Waals surface area contributed by atoms with Gasteiger partial charge in [0.1, 0.15) is 6.10 Å². The van der Waals surface area contributed by atoms with Gasteiger partial charge in [0.15, 0.2) is 0 Å². The first-order valence-electron chi connectivity index (χ1n) is 3.77. The fraction of sp³-hybridized carbons (Fsp3) is 0.100. The fourth-order valence-corrected chi connectivity index (χ4v) is 2.01. The number of hydrogen-bond donors (Lipinski definition) is 1. The first kappa shape index (κ1) is 7.77. The van der Waals surface area contributed by atoms with Crippen molar-refractivity contribution in [2.45, 2.75) is 6.92 Å². The Morgan fingerprint density at radius 3 is 2.92 bits per heavy atom. The lowest BCUT2D eigenvalue weighted by Gasteiger charge is -2.01. The molecule has 0 aliphatic rings. The van der Waals surface area contributed by atoms with E-state index in [0.717, 1.165) is 5.56 Å². The topological polar surface area (TPSA) is 20.2 Å². The minimum atomic E-state index is 0.380. The number of fused-ring (bicyclic) bond motifs is 1. The van der Waals surface area contributed by atoms with Crippen LogP contribution in [-0.4, -0.2) is 5.11 Å². The van der Waals surface area contributed by atoms with Gasteiger partial charge in [-0.25, -0.2) is 0 Å². The molecule has 1 radical (unpaired) electrons.